The maximum absolute atomic E-state index is 11.6. The molecule has 1 fully saturated rings. The molecule has 8 heteroatoms. The predicted molar refractivity (Wildman–Crippen MR) is 85.7 cm³/mol. The summed E-state index contributed by atoms with van der Waals surface area (Å²) in [7, 11) is 3.77. The van der Waals surface area contributed by atoms with Crippen molar-refractivity contribution in [2.45, 2.75) is 12.3 Å². The van der Waals surface area contributed by atoms with Crippen molar-refractivity contribution in [1.82, 2.24) is 14.8 Å². The third-order valence-electron chi connectivity index (χ3n) is 4.27. The number of benzene rings is 1. The van der Waals surface area contributed by atoms with Gasteiger partial charge in [-0.2, -0.15) is 0 Å². The van der Waals surface area contributed by atoms with Crippen molar-refractivity contribution < 1.29 is 15.0 Å². The molecule has 7 nitrogen and oxygen atoms in total. The lowest BCUT2D eigenvalue weighted by molar-refractivity contribution is 0.0688. The summed E-state index contributed by atoms with van der Waals surface area (Å²) in [5, 5.41) is 20.1. The fraction of sp³-hybridized carbons (Fsp3) is 0.357. The molecule has 1 aliphatic rings. The number of carboxylic acid groups (broad SMARTS) is 1. The van der Waals surface area contributed by atoms with E-state index in [9.17, 15) is 15.0 Å². The van der Waals surface area contributed by atoms with Gasteiger partial charge in [0, 0.05) is 23.6 Å². The molecule has 2 heterocycles. The Balaban J connectivity index is 2.25. The number of hydrogen-bond acceptors (Lipinski definition) is 5. The van der Waals surface area contributed by atoms with E-state index in [1.165, 1.54) is 6.07 Å². The Morgan fingerprint density at radius 3 is 2.68 bits per heavy atom. The molecule has 0 saturated carbocycles. The van der Waals surface area contributed by atoms with Crippen LogP contribution >= 0.6 is 15.9 Å². The van der Waals surface area contributed by atoms with E-state index in [0.29, 0.717) is 22.1 Å². The largest absolute Gasteiger partial charge is 0.507 e. The maximum Gasteiger partial charge on any atom is 0.352 e. The number of H-pyrrole nitrogens is 1. The lowest BCUT2D eigenvalue weighted by Gasteiger charge is -2.23. The lowest BCUT2D eigenvalue weighted by Crippen LogP contribution is -2.42. The van der Waals surface area contributed by atoms with Crippen LogP contribution in [0.25, 0.3) is 10.9 Å². The highest BCUT2D eigenvalue weighted by Gasteiger charge is 2.37. The molecule has 1 aliphatic heterocycles. The Morgan fingerprint density at radius 1 is 1.45 bits per heavy atom. The first kappa shape index (κ1) is 15.3. The SMILES string of the molecule is CN1C[C@@H](c2c(C(=O)O)[nH]c3cc(O)c(Br)cc23)N(C)C1N. The van der Waals surface area contributed by atoms with Crippen LogP contribution < -0.4 is 5.73 Å². The number of phenolic OH excluding ortho intramolecular Hbond substituents is 1. The third-order valence-corrected chi connectivity index (χ3v) is 4.91. The van der Waals surface area contributed by atoms with Gasteiger partial charge in [-0.3, -0.25) is 9.80 Å². The Morgan fingerprint density at radius 2 is 2.14 bits per heavy atom. The van der Waals surface area contributed by atoms with Crippen LogP contribution in [0.1, 0.15) is 22.1 Å². The van der Waals surface area contributed by atoms with Gasteiger partial charge in [-0.1, -0.05) is 0 Å². The van der Waals surface area contributed by atoms with Crippen LogP contribution in [-0.2, 0) is 0 Å². The Labute approximate surface area is 135 Å². The summed E-state index contributed by atoms with van der Waals surface area (Å²) in [6.07, 6.45) is -0.267. The van der Waals surface area contributed by atoms with Crippen molar-refractivity contribution >= 4 is 32.8 Å². The van der Waals surface area contributed by atoms with Gasteiger partial charge >= 0.3 is 5.97 Å². The summed E-state index contributed by atoms with van der Waals surface area (Å²) in [5.74, 6) is -0.968. The van der Waals surface area contributed by atoms with E-state index < -0.39 is 5.97 Å². The second-order valence-corrected chi connectivity index (χ2v) is 6.46. The van der Waals surface area contributed by atoms with Gasteiger partial charge in [-0.05, 0) is 36.1 Å². The number of nitrogens with two attached hydrogens (primary N) is 1. The number of nitrogens with one attached hydrogen (secondary N) is 1. The number of nitrogens with zero attached hydrogens (tertiary/aromatic N) is 2. The number of carbonyl (C=O) groups is 1. The number of aromatic nitrogens is 1. The van der Waals surface area contributed by atoms with Crippen LogP contribution in [0.15, 0.2) is 16.6 Å². The van der Waals surface area contributed by atoms with Gasteiger partial charge in [0.25, 0.3) is 0 Å². The molecule has 1 saturated heterocycles. The topological polar surface area (TPSA) is 106 Å². The van der Waals surface area contributed by atoms with Crippen LogP contribution in [0.4, 0.5) is 0 Å². The number of aromatic carboxylic acids is 1. The number of aromatic hydroxyl groups is 1. The van der Waals surface area contributed by atoms with Crippen LogP contribution in [0.2, 0.25) is 0 Å². The summed E-state index contributed by atoms with van der Waals surface area (Å²) in [6, 6.07) is 3.12. The molecule has 0 spiro atoms. The van der Waals surface area contributed by atoms with E-state index in [-0.39, 0.29) is 23.8 Å². The number of likely N-dealkylation sites (N-methyl/N-ethyl adjacent to an activating group) is 2. The molecule has 22 heavy (non-hydrogen) atoms. The van der Waals surface area contributed by atoms with Gasteiger partial charge < -0.3 is 20.9 Å². The molecule has 1 unspecified atom stereocenters. The van der Waals surface area contributed by atoms with E-state index in [0.717, 1.165) is 5.39 Å². The van der Waals surface area contributed by atoms with Gasteiger partial charge in [-0.15, -0.1) is 0 Å². The van der Waals surface area contributed by atoms with Crippen LogP contribution in [-0.4, -0.2) is 57.9 Å². The number of hydrogen-bond donors (Lipinski definition) is 4. The van der Waals surface area contributed by atoms with E-state index in [1.807, 2.05) is 23.9 Å². The molecule has 5 N–H and O–H groups in total. The van der Waals surface area contributed by atoms with Crippen molar-refractivity contribution in [2.24, 2.45) is 5.73 Å². The minimum atomic E-state index is -1.03. The zero-order valence-corrected chi connectivity index (χ0v) is 13.8. The average molecular weight is 369 g/mol. The predicted octanol–water partition coefficient (Wildman–Crippen LogP) is 1.49. The van der Waals surface area contributed by atoms with Gasteiger partial charge in [0.1, 0.15) is 17.7 Å². The first-order chi connectivity index (χ1) is 10.3. The highest BCUT2D eigenvalue weighted by atomic mass is 79.9. The van der Waals surface area contributed by atoms with Crippen molar-refractivity contribution in [3.63, 3.8) is 0 Å². The van der Waals surface area contributed by atoms with Crippen molar-refractivity contribution in [3.05, 3.63) is 27.9 Å². The summed E-state index contributed by atoms with van der Waals surface area (Å²) in [4.78, 5) is 18.4. The number of halogens is 1. The second kappa shape index (κ2) is 5.24. The summed E-state index contributed by atoms with van der Waals surface area (Å²) in [6.45, 7) is 0.628. The Hall–Kier alpha value is -1.61. The molecule has 0 amide bonds. The molecule has 0 aliphatic carbocycles. The molecule has 0 radical (unpaired) electrons. The van der Waals surface area contributed by atoms with Gasteiger partial charge in [0.15, 0.2) is 0 Å². The fourth-order valence-electron chi connectivity index (χ4n) is 3.04. The number of rotatable bonds is 2. The van der Waals surface area contributed by atoms with Gasteiger partial charge in [0.05, 0.1) is 16.0 Å². The standard InChI is InChI=1S/C14H17BrN4O3/c1-18-5-9(19(2)14(18)16)11-6-3-7(15)10(20)4-8(6)17-12(11)13(21)22/h3-4,9,14,17,20H,5,16H2,1-2H3,(H,21,22)/t9-,14?/m0/s1. The van der Waals surface area contributed by atoms with E-state index in [1.54, 1.807) is 6.07 Å². The Kier molecular flexibility index (Phi) is 3.64. The molecule has 0 bridgehead atoms. The zero-order valence-electron chi connectivity index (χ0n) is 12.2. The molecule has 1 aromatic heterocycles. The Bertz CT molecular complexity index is 760. The van der Waals surface area contributed by atoms with Gasteiger partial charge in [0.2, 0.25) is 0 Å². The summed E-state index contributed by atoms with van der Waals surface area (Å²) >= 11 is 3.28. The maximum atomic E-state index is 11.6. The zero-order chi connectivity index (χ0) is 16.2. The summed E-state index contributed by atoms with van der Waals surface area (Å²) in [5.41, 5.74) is 7.49. The minimum absolute atomic E-state index is 0.0610. The van der Waals surface area contributed by atoms with Crippen molar-refractivity contribution in [2.75, 3.05) is 20.6 Å². The molecule has 2 aromatic rings. The summed E-state index contributed by atoms with van der Waals surface area (Å²) < 4.78 is 0.524. The second-order valence-electron chi connectivity index (χ2n) is 5.60. The number of phenols is 1. The number of aromatic amines is 1. The first-order valence-electron chi connectivity index (χ1n) is 6.76. The van der Waals surface area contributed by atoms with Crippen molar-refractivity contribution in [1.29, 1.82) is 0 Å². The smallest absolute Gasteiger partial charge is 0.352 e. The molecule has 2 atom stereocenters. The first-order valence-corrected chi connectivity index (χ1v) is 7.55. The fourth-order valence-corrected chi connectivity index (χ4v) is 3.38. The van der Waals surface area contributed by atoms with E-state index in [4.69, 9.17) is 5.73 Å². The molecule has 118 valence electrons. The lowest BCUT2D eigenvalue weighted by atomic mass is 10.0. The van der Waals surface area contributed by atoms with Crippen LogP contribution in [0.3, 0.4) is 0 Å². The van der Waals surface area contributed by atoms with Crippen LogP contribution in [0.5, 0.6) is 5.75 Å². The highest BCUT2D eigenvalue weighted by Crippen LogP contribution is 2.39. The quantitative estimate of drug-likeness (QED) is 0.639. The monoisotopic (exact) mass is 368 g/mol. The molecular weight excluding hydrogens is 352 g/mol. The molecule has 1 aromatic carbocycles. The molecular formula is C14H17BrN4O3. The van der Waals surface area contributed by atoms with E-state index in [2.05, 4.69) is 20.9 Å². The van der Waals surface area contributed by atoms with Crippen molar-refractivity contribution in [3.8, 4) is 5.75 Å². The highest BCUT2D eigenvalue weighted by molar-refractivity contribution is 9.10. The third kappa shape index (κ3) is 2.19. The normalized spacial score (nSPS) is 23.5. The van der Waals surface area contributed by atoms with E-state index >= 15 is 0 Å². The number of carboxylic acids is 1. The van der Waals surface area contributed by atoms with Crippen LogP contribution in [0, 0.1) is 0 Å². The number of fused-ring (bicyclic) bond motifs is 1. The average Bonchev–Trinajstić information content (AvgIpc) is 2.92. The molecule has 3 rings (SSSR count). The van der Waals surface area contributed by atoms with Gasteiger partial charge in [-0.25, -0.2) is 4.79 Å². The minimum Gasteiger partial charge on any atom is -0.507 e.